The van der Waals surface area contributed by atoms with E-state index >= 15 is 0 Å². The third-order valence-electron chi connectivity index (χ3n) is 8.63. The highest BCUT2D eigenvalue weighted by Gasteiger charge is 2.49. The second kappa shape index (κ2) is 9.41. The third-order valence-corrected chi connectivity index (χ3v) is 9.56. The molecule has 1 amide bonds. The molecule has 5 N–H and O–H groups in total. The van der Waals surface area contributed by atoms with Gasteiger partial charge in [-0.1, -0.05) is 24.3 Å². The van der Waals surface area contributed by atoms with Crippen LogP contribution in [-0.4, -0.2) is 46.6 Å². The number of hydrogen-bond acceptors (Lipinski definition) is 4. The zero-order valence-electron chi connectivity index (χ0n) is 19.8. The summed E-state index contributed by atoms with van der Waals surface area (Å²) in [5.41, 5.74) is 11.8. The Morgan fingerprint density at radius 1 is 1.23 bits per heavy atom. The molecule has 2 fully saturated rings. The number of benzene rings is 2. The number of H-pyrrole nitrogens is 1. The smallest absolute Gasteiger partial charge is 0.226 e. The molecule has 7 heteroatoms. The summed E-state index contributed by atoms with van der Waals surface area (Å²) >= 11 is 2.24. The molecule has 3 heterocycles. The van der Waals surface area contributed by atoms with Crippen LogP contribution in [0.1, 0.15) is 42.1 Å². The molecule has 184 valence electrons. The SMILES string of the molecule is Nc1ccc(CCNC(=O)C2C(O)CCC3CN4CCc5c([nH]c6ccccc56)C4CC32)cc1I. The Kier molecular flexibility index (Phi) is 6.26. The highest BCUT2D eigenvalue weighted by molar-refractivity contribution is 14.1. The van der Waals surface area contributed by atoms with Gasteiger partial charge in [-0.3, -0.25) is 9.69 Å². The monoisotopic (exact) mass is 584 g/mol. The van der Waals surface area contributed by atoms with Crippen molar-refractivity contribution in [2.75, 3.05) is 25.4 Å². The summed E-state index contributed by atoms with van der Waals surface area (Å²) in [7, 11) is 0. The summed E-state index contributed by atoms with van der Waals surface area (Å²) in [6.45, 7) is 2.66. The Morgan fingerprint density at radius 3 is 2.94 bits per heavy atom. The van der Waals surface area contributed by atoms with Gasteiger partial charge in [-0.05, 0) is 95.9 Å². The summed E-state index contributed by atoms with van der Waals surface area (Å²) in [6, 6.07) is 14.9. The first-order valence-electron chi connectivity index (χ1n) is 12.8. The van der Waals surface area contributed by atoms with Crippen molar-refractivity contribution >= 4 is 45.1 Å². The fraction of sp³-hybridized carbons (Fsp3) is 0.464. The van der Waals surface area contributed by atoms with Crippen molar-refractivity contribution in [2.24, 2.45) is 17.8 Å². The highest BCUT2D eigenvalue weighted by atomic mass is 127. The number of amides is 1. The molecule has 1 aliphatic carbocycles. The van der Waals surface area contributed by atoms with Gasteiger partial charge >= 0.3 is 0 Å². The Balaban J connectivity index is 1.19. The normalized spacial score (nSPS) is 28.2. The molecule has 35 heavy (non-hydrogen) atoms. The molecular weight excluding hydrogens is 551 g/mol. The van der Waals surface area contributed by atoms with Gasteiger partial charge < -0.3 is 21.1 Å². The summed E-state index contributed by atoms with van der Waals surface area (Å²) < 4.78 is 1.03. The lowest BCUT2D eigenvalue weighted by Gasteiger charge is -2.51. The number of aliphatic hydroxyl groups excluding tert-OH is 1. The Bertz CT molecular complexity index is 1260. The minimum atomic E-state index is -0.564. The predicted octanol–water partition coefficient (Wildman–Crippen LogP) is 4.02. The average Bonchev–Trinajstić information content (AvgIpc) is 3.24. The van der Waals surface area contributed by atoms with Crippen LogP contribution in [0.15, 0.2) is 42.5 Å². The molecular formula is C28H33IN4O2. The number of fused-ring (bicyclic) bond motifs is 6. The average molecular weight is 585 g/mol. The van der Waals surface area contributed by atoms with E-state index in [1.807, 2.05) is 12.1 Å². The number of piperidine rings is 1. The number of aromatic amines is 1. The highest BCUT2D eigenvalue weighted by Crippen LogP contribution is 2.49. The number of rotatable bonds is 4. The molecule has 2 aromatic carbocycles. The van der Waals surface area contributed by atoms with Crippen LogP contribution >= 0.6 is 22.6 Å². The van der Waals surface area contributed by atoms with E-state index in [0.717, 1.165) is 53.6 Å². The maximum Gasteiger partial charge on any atom is 0.226 e. The van der Waals surface area contributed by atoms with Crippen molar-refractivity contribution in [2.45, 2.75) is 44.2 Å². The van der Waals surface area contributed by atoms with Crippen molar-refractivity contribution < 1.29 is 9.90 Å². The largest absolute Gasteiger partial charge is 0.398 e. The first kappa shape index (κ1) is 23.3. The Labute approximate surface area is 219 Å². The van der Waals surface area contributed by atoms with Gasteiger partial charge in [0.25, 0.3) is 0 Å². The van der Waals surface area contributed by atoms with Crippen LogP contribution < -0.4 is 11.1 Å². The number of aliphatic hydroxyl groups is 1. The molecule has 1 aromatic heterocycles. The molecule has 2 aliphatic heterocycles. The first-order valence-corrected chi connectivity index (χ1v) is 13.9. The second-order valence-corrected chi connectivity index (χ2v) is 11.7. The Hall–Kier alpha value is -2.10. The van der Waals surface area contributed by atoms with Crippen LogP contribution in [0.3, 0.4) is 0 Å². The summed E-state index contributed by atoms with van der Waals surface area (Å²) in [6.07, 6.45) is 3.91. The van der Waals surface area contributed by atoms with Crippen molar-refractivity contribution in [1.82, 2.24) is 15.2 Å². The molecule has 0 bridgehead atoms. The fourth-order valence-corrected chi connectivity index (χ4v) is 7.46. The number of nitrogen functional groups attached to an aromatic ring is 1. The number of nitrogens with zero attached hydrogens (tertiary/aromatic N) is 1. The minimum Gasteiger partial charge on any atom is -0.398 e. The van der Waals surface area contributed by atoms with Gasteiger partial charge in [0.15, 0.2) is 0 Å². The van der Waals surface area contributed by atoms with Gasteiger partial charge in [0.2, 0.25) is 5.91 Å². The molecule has 3 aliphatic rings. The van der Waals surface area contributed by atoms with Gasteiger partial charge in [0.1, 0.15) is 0 Å². The summed E-state index contributed by atoms with van der Waals surface area (Å²) in [5, 5.41) is 15.5. The first-order chi connectivity index (χ1) is 17.0. The van der Waals surface area contributed by atoms with E-state index in [4.69, 9.17) is 5.73 Å². The quantitative estimate of drug-likeness (QED) is 0.276. The van der Waals surface area contributed by atoms with Crippen molar-refractivity contribution in [3.63, 3.8) is 0 Å². The number of hydrogen-bond donors (Lipinski definition) is 4. The van der Waals surface area contributed by atoms with E-state index in [9.17, 15) is 9.90 Å². The van der Waals surface area contributed by atoms with E-state index in [2.05, 4.69) is 68.1 Å². The van der Waals surface area contributed by atoms with Crippen molar-refractivity contribution in [1.29, 1.82) is 0 Å². The van der Waals surface area contributed by atoms with Crippen molar-refractivity contribution in [3.05, 3.63) is 62.9 Å². The van der Waals surface area contributed by atoms with Gasteiger partial charge in [-0.2, -0.15) is 0 Å². The number of halogens is 1. The minimum absolute atomic E-state index is 0.0125. The van der Waals surface area contributed by atoms with Gasteiger partial charge in [-0.15, -0.1) is 0 Å². The standard InChI is InChI=1S/C28H33IN4O2/c29-21-13-16(5-7-22(21)30)9-11-31-28(35)26-20-14-24-27-19(18-3-1-2-4-23(18)32-27)10-12-33(24)15-17(20)6-8-25(26)34/h1-5,7,13,17,20,24-26,32,34H,6,8-12,14-15,30H2,(H,31,35). The number of carbonyl (C=O) groups is 1. The van der Waals surface area contributed by atoms with E-state index in [-0.39, 0.29) is 17.7 Å². The molecule has 3 aromatic rings. The number of nitrogens with one attached hydrogen (secondary N) is 2. The number of anilines is 1. The molecule has 5 unspecified atom stereocenters. The predicted molar refractivity (Wildman–Crippen MR) is 147 cm³/mol. The van der Waals surface area contributed by atoms with E-state index in [0.29, 0.717) is 24.9 Å². The summed E-state index contributed by atoms with van der Waals surface area (Å²) in [5.74, 6) is 0.348. The Morgan fingerprint density at radius 2 is 2.09 bits per heavy atom. The van der Waals surface area contributed by atoms with Gasteiger partial charge in [-0.25, -0.2) is 0 Å². The number of nitrogens with two attached hydrogens (primary N) is 1. The van der Waals surface area contributed by atoms with Crippen LogP contribution in [0.5, 0.6) is 0 Å². The van der Waals surface area contributed by atoms with Crippen molar-refractivity contribution in [3.8, 4) is 0 Å². The molecule has 6 nitrogen and oxygen atoms in total. The lowest BCUT2D eigenvalue weighted by molar-refractivity contribution is -0.139. The number of carbonyl (C=O) groups excluding carboxylic acids is 1. The fourth-order valence-electron chi connectivity index (χ4n) is 6.88. The number of aromatic nitrogens is 1. The van der Waals surface area contributed by atoms with E-state index < -0.39 is 6.10 Å². The number of para-hydroxylation sites is 1. The maximum absolute atomic E-state index is 13.4. The van der Waals surface area contributed by atoms with Crippen LogP contribution in [0.2, 0.25) is 0 Å². The van der Waals surface area contributed by atoms with Gasteiger partial charge in [0.05, 0.1) is 18.1 Å². The van der Waals surface area contributed by atoms with Crippen LogP contribution in [0.25, 0.3) is 10.9 Å². The lowest BCUT2D eigenvalue weighted by atomic mass is 9.64. The molecule has 1 saturated carbocycles. The van der Waals surface area contributed by atoms with Crippen LogP contribution in [0, 0.1) is 21.3 Å². The van der Waals surface area contributed by atoms with E-state index in [1.165, 1.54) is 22.2 Å². The van der Waals surface area contributed by atoms with Gasteiger partial charge in [0, 0.05) is 45.5 Å². The maximum atomic E-state index is 13.4. The van der Waals surface area contributed by atoms with E-state index in [1.54, 1.807) is 0 Å². The van der Waals surface area contributed by atoms with Crippen LogP contribution in [-0.2, 0) is 17.6 Å². The summed E-state index contributed by atoms with van der Waals surface area (Å²) in [4.78, 5) is 19.7. The molecule has 0 spiro atoms. The zero-order chi connectivity index (χ0) is 24.1. The lowest BCUT2D eigenvalue weighted by Crippen LogP contribution is -2.55. The second-order valence-electron chi connectivity index (χ2n) is 10.6. The van der Waals surface area contributed by atoms with Crippen LogP contribution in [0.4, 0.5) is 5.69 Å². The molecule has 5 atom stereocenters. The zero-order valence-corrected chi connectivity index (χ0v) is 22.0. The molecule has 0 radical (unpaired) electrons. The third kappa shape index (κ3) is 4.25. The topological polar surface area (TPSA) is 94.4 Å². The molecule has 1 saturated heterocycles. The molecule has 6 rings (SSSR count).